The predicted molar refractivity (Wildman–Crippen MR) is 76.4 cm³/mol. The summed E-state index contributed by atoms with van der Waals surface area (Å²) in [5.74, 6) is 0. The van der Waals surface area contributed by atoms with E-state index in [1.54, 1.807) is 6.07 Å². The van der Waals surface area contributed by atoms with Gasteiger partial charge in [-0.3, -0.25) is 4.68 Å². The van der Waals surface area contributed by atoms with Crippen molar-refractivity contribution in [1.29, 1.82) is 0 Å². The normalized spacial score (nSPS) is 12.5. The lowest BCUT2D eigenvalue weighted by molar-refractivity contribution is 0.756. The van der Waals surface area contributed by atoms with Gasteiger partial charge < -0.3 is 5.32 Å². The molecule has 18 heavy (non-hydrogen) atoms. The number of benzene rings is 1. The van der Waals surface area contributed by atoms with E-state index >= 15 is 0 Å². The highest BCUT2D eigenvalue weighted by atomic mass is 35.5. The summed E-state index contributed by atoms with van der Waals surface area (Å²) in [6.45, 7) is 4.06. The Labute approximate surface area is 117 Å². The molecule has 0 spiro atoms. The Kier molecular flexibility index (Phi) is 3.83. The van der Waals surface area contributed by atoms with Gasteiger partial charge in [0.25, 0.3) is 0 Å². The molecular weight excluding hydrogens is 269 g/mol. The molecule has 0 radical (unpaired) electrons. The molecule has 2 aromatic rings. The summed E-state index contributed by atoms with van der Waals surface area (Å²) in [5.41, 5.74) is 2.99. The van der Waals surface area contributed by atoms with Crippen LogP contribution in [0.1, 0.15) is 24.2 Å². The van der Waals surface area contributed by atoms with E-state index in [1.807, 2.05) is 37.0 Å². The van der Waals surface area contributed by atoms with E-state index in [-0.39, 0.29) is 6.04 Å². The van der Waals surface area contributed by atoms with Crippen LogP contribution in [0.15, 0.2) is 24.4 Å². The third-order valence-electron chi connectivity index (χ3n) is 2.84. The Morgan fingerprint density at radius 3 is 2.67 bits per heavy atom. The molecule has 3 nitrogen and oxygen atoms in total. The van der Waals surface area contributed by atoms with Gasteiger partial charge in [0.15, 0.2) is 0 Å². The summed E-state index contributed by atoms with van der Waals surface area (Å²) >= 11 is 12.1. The van der Waals surface area contributed by atoms with Crippen molar-refractivity contribution >= 4 is 28.9 Å². The number of halogens is 2. The number of nitrogens with zero attached hydrogens (tertiary/aromatic N) is 2. The van der Waals surface area contributed by atoms with Crippen molar-refractivity contribution in [2.75, 3.05) is 5.32 Å². The summed E-state index contributed by atoms with van der Waals surface area (Å²) in [4.78, 5) is 0. The van der Waals surface area contributed by atoms with Crippen molar-refractivity contribution in [3.8, 4) is 0 Å². The average molecular weight is 284 g/mol. The Morgan fingerprint density at radius 1 is 1.33 bits per heavy atom. The zero-order valence-electron chi connectivity index (χ0n) is 10.5. The molecule has 1 atom stereocenters. The third kappa shape index (κ3) is 2.62. The lowest BCUT2D eigenvalue weighted by Crippen LogP contribution is -2.07. The fourth-order valence-corrected chi connectivity index (χ4v) is 2.32. The summed E-state index contributed by atoms with van der Waals surface area (Å²) in [6, 6.07) is 5.68. The molecule has 96 valence electrons. The van der Waals surface area contributed by atoms with Gasteiger partial charge in [-0.2, -0.15) is 5.10 Å². The van der Waals surface area contributed by atoms with Gasteiger partial charge in [0.1, 0.15) is 0 Å². The van der Waals surface area contributed by atoms with Gasteiger partial charge in [-0.25, -0.2) is 0 Å². The van der Waals surface area contributed by atoms with Crippen molar-refractivity contribution in [1.82, 2.24) is 9.78 Å². The second-order valence-electron chi connectivity index (χ2n) is 4.31. The van der Waals surface area contributed by atoms with Crippen molar-refractivity contribution in [2.45, 2.75) is 19.9 Å². The van der Waals surface area contributed by atoms with Gasteiger partial charge in [-0.05, 0) is 26.0 Å². The fourth-order valence-electron chi connectivity index (χ4n) is 1.97. The molecule has 0 saturated heterocycles. The molecule has 0 fully saturated rings. The summed E-state index contributed by atoms with van der Waals surface area (Å²) in [5, 5.41) is 8.78. The van der Waals surface area contributed by atoms with Crippen LogP contribution in [-0.2, 0) is 7.05 Å². The van der Waals surface area contributed by atoms with E-state index in [0.717, 1.165) is 16.9 Å². The predicted octanol–water partition coefficient (Wildman–Crippen LogP) is 4.21. The van der Waals surface area contributed by atoms with Gasteiger partial charge in [-0.1, -0.05) is 29.3 Å². The van der Waals surface area contributed by atoms with E-state index in [0.29, 0.717) is 10.0 Å². The van der Waals surface area contributed by atoms with E-state index in [4.69, 9.17) is 23.2 Å². The van der Waals surface area contributed by atoms with Crippen LogP contribution >= 0.6 is 23.2 Å². The quantitative estimate of drug-likeness (QED) is 0.915. The number of hydrogen-bond donors (Lipinski definition) is 1. The van der Waals surface area contributed by atoms with Gasteiger partial charge in [-0.15, -0.1) is 0 Å². The van der Waals surface area contributed by atoms with Crippen LogP contribution in [0, 0.1) is 6.92 Å². The minimum absolute atomic E-state index is 0.120. The Balaban J connectivity index is 2.24. The van der Waals surface area contributed by atoms with Crippen LogP contribution in [0.4, 0.5) is 5.69 Å². The SMILES string of the molecule is Cc1nn(C)cc1C(C)Nc1cccc(Cl)c1Cl. The highest BCUT2D eigenvalue weighted by molar-refractivity contribution is 6.43. The highest BCUT2D eigenvalue weighted by Gasteiger charge is 2.13. The molecule has 0 aliphatic carbocycles. The van der Waals surface area contributed by atoms with Crippen molar-refractivity contribution in [3.05, 3.63) is 45.7 Å². The molecule has 0 bridgehead atoms. The maximum Gasteiger partial charge on any atom is 0.0823 e. The van der Waals surface area contributed by atoms with Crippen molar-refractivity contribution in [3.63, 3.8) is 0 Å². The molecule has 1 aromatic carbocycles. The molecule has 1 unspecified atom stereocenters. The number of anilines is 1. The smallest absolute Gasteiger partial charge is 0.0823 e. The lowest BCUT2D eigenvalue weighted by Gasteiger charge is -2.16. The van der Waals surface area contributed by atoms with Crippen LogP contribution in [0.2, 0.25) is 10.0 Å². The molecule has 1 heterocycles. The second-order valence-corrected chi connectivity index (χ2v) is 5.10. The monoisotopic (exact) mass is 283 g/mol. The van der Waals surface area contributed by atoms with Crippen LogP contribution < -0.4 is 5.32 Å². The van der Waals surface area contributed by atoms with Crippen molar-refractivity contribution in [2.24, 2.45) is 7.05 Å². The summed E-state index contributed by atoms with van der Waals surface area (Å²) in [6.07, 6.45) is 2.01. The maximum absolute atomic E-state index is 6.15. The number of nitrogens with one attached hydrogen (secondary N) is 1. The first kappa shape index (κ1) is 13.2. The highest BCUT2D eigenvalue weighted by Crippen LogP contribution is 2.32. The number of aryl methyl sites for hydroxylation is 2. The molecule has 5 heteroatoms. The Bertz CT molecular complexity index is 563. The van der Waals surface area contributed by atoms with E-state index in [2.05, 4.69) is 17.3 Å². The zero-order chi connectivity index (χ0) is 13.3. The zero-order valence-corrected chi connectivity index (χ0v) is 12.0. The van der Waals surface area contributed by atoms with Gasteiger partial charge in [0, 0.05) is 18.8 Å². The van der Waals surface area contributed by atoms with Gasteiger partial charge in [0.05, 0.1) is 27.5 Å². The largest absolute Gasteiger partial charge is 0.377 e. The Morgan fingerprint density at radius 2 is 2.06 bits per heavy atom. The van der Waals surface area contributed by atoms with Crippen LogP contribution in [0.25, 0.3) is 0 Å². The molecule has 0 aliphatic heterocycles. The summed E-state index contributed by atoms with van der Waals surface area (Å²) in [7, 11) is 1.91. The van der Waals surface area contributed by atoms with E-state index in [9.17, 15) is 0 Å². The van der Waals surface area contributed by atoms with Gasteiger partial charge in [0.2, 0.25) is 0 Å². The van der Waals surface area contributed by atoms with Crippen molar-refractivity contribution < 1.29 is 0 Å². The molecule has 0 amide bonds. The number of rotatable bonds is 3. The van der Waals surface area contributed by atoms with Crippen LogP contribution in [0.5, 0.6) is 0 Å². The van der Waals surface area contributed by atoms with Crippen LogP contribution in [-0.4, -0.2) is 9.78 Å². The lowest BCUT2D eigenvalue weighted by atomic mass is 10.1. The van der Waals surface area contributed by atoms with Gasteiger partial charge >= 0.3 is 0 Å². The topological polar surface area (TPSA) is 29.9 Å². The average Bonchev–Trinajstić information content (AvgIpc) is 2.64. The molecule has 2 rings (SSSR count). The van der Waals surface area contributed by atoms with E-state index in [1.165, 1.54) is 0 Å². The molecule has 1 aromatic heterocycles. The second kappa shape index (κ2) is 5.21. The standard InChI is InChI=1S/C13H15Cl2N3/c1-8(10-7-18(3)17-9(10)2)16-12-6-4-5-11(14)13(12)15/h4-8,16H,1-3H3. The minimum Gasteiger partial charge on any atom is -0.377 e. The molecular formula is C13H15Cl2N3. The maximum atomic E-state index is 6.15. The molecule has 0 saturated carbocycles. The first-order chi connectivity index (χ1) is 8.49. The minimum atomic E-state index is 0.120. The van der Waals surface area contributed by atoms with E-state index < -0.39 is 0 Å². The first-order valence-corrected chi connectivity index (χ1v) is 6.45. The Hall–Kier alpha value is -1.19. The summed E-state index contributed by atoms with van der Waals surface area (Å²) < 4.78 is 1.81. The molecule has 1 N–H and O–H groups in total. The number of hydrogen-bond acceptors (Lipinski definition) is 2. The molecule has 0 aliphatic rings. The number of aromatic nitrogens is 2. The third-order valence-corrected chi connectivity index (χ3v) is 3.66. The fraction of sp³-hybridized carbons (Fsp3) is 0.308. The van der Waals surface area contributed by atoms with Crippen LogP contribution in [0.3, 0.4) is 0 Å². The first-order valence-electron chi connectivity index (χ1n) is 5.69.